The lowest BCUT2D eigenvalue weighted by Gasteiger charge is -2.08. The summed E-state index contributed by atoms with van der Waals surface area (Å²) >= 11 is 0. The van der Waals surface area contributed by atoms with Crippen molar-refractivity contribution >= 4 is 22.6 Å². The predicted octanol–water partition coefficient (Wildman–Crippen LogP) is 3.09. The molecule has 2 rings (SSSR count). The molecule has 0 atom stereocenters. The van der Waals surface area contributed by atoms with E-state index in [-0.39, 0.29) is 11.5 Å². The number of aryl methyl sites for hydroxylation is 1. The summed E-state index contributed by atoms with van der Waals surface area (Å²) in [5.74, 6) is 0.269. The van der Waals surface area contributed by atoms with E-state index in [1.54, 1.807) is 6.07 Å². The normalized spacial score (nSPS) is 10.9. The molecule has 1 aromatic carbocycles. The second-order valence-electron chi connectivity index (χ2n) is 5.11. The molecular weight excluding hydrogens is 242 g/mol. The van der Waals surface area contributed by atoms with Crippen molar-refractivity contribution in [2.24, 2.45) is 5.92 Å². The topological polar surface area (TPSA) is 59.3 Å². The van der Waals surface area contributed by atoms with Crippen LogP contribution >= 0.6 is 0 Å². The van der Waals surface area contributed by atoms with Crippen LogP contribution in [-0.2, 0) is 4.79 Å². The number of hydrogen-bond acceptors (Lipinski definition) is 3. The van der Waals surface area contributed by atoms with E-state index in [2.05, 4.69) is 5.32 Å². The zero-order valence-electron chi connectivity index (χ0n) is 11.3. The monoisotopic (exact) mass is 259 g/mol. The predicted molar refractivity (Wildman–Crippen MR) is 75.3 cm³/mol. The molecule has 0 bridgehead atoms. The van der Waals surface area contributed by atoms with E-state index in [1.807, 2.05) is 32.9 Å². The molecule has 1 aromatic heterocycles. The zero-order valence-corrected chi connectivity index (χ0v) is 11.3. The van der Waals surface area contributed by atoms with Crippen LogP contribution in [0, 0.1) is 12.8 Å². The number of fused-ring (bicyclic) bond motifs is 1. The number of benzene rings is 1. The fourth-order valence-corrected chi connectivity index (χ4v) is 1.99. The lowest BCUT2D eigenvalue weighted by atomic mass is 10.1. The smallest absolute Gasteiger partial charge is 0.336 e. The third-order valence-corrected chi connectivity index (χ3v) is 2.83. The highest BCUT2D eigenvalue weighted by Gasteiger charge is 2.07. The molecule has 4 nitrogen and oxygen atoms in total. The number of carbonyl (C=O) groups excluding carboxylic acids is 1. The minimum atomic E-state index is -0.379. The van der Waals surface area contributed by atoms with Crippen LogP contribution in [-0.4, -0.2) is 5.91 Å². The average Bonchev–Trinajstić information content (AvgIpc) is 2.26. The number of anilines is 1. The highest BCUT2D eigenvalue weighted by molar-refractivity contribution is 5.93. The van der Waals surface area contributed by atoms with Gasteiger partial charge in [-0.15, -0.1) is 0 Å². The Morgan fingerprint density at radius 1 is 1.32 bits per heavy atom. The van der Waals surface area contributed by atoms with E-state index in [0.717, 1.165) is 10.9 Å². The molecule has 100 valence electrons. The molecule has 1 N–H and O–H groups in total. The molecule has 4 heteroatoms. The van der Waals surface area contributed by atoms with E-state index >= 15 is 0 Å². The van der Waals surface area contributed by atoms with Gasteiger partial charge in [-0.25, -0.2) is 4.79 Å². The third kappa shape index (κ3) is 3.22. The minimum absolute atomic E-state index is 0.0376. The molecule has 0 unspecified atom stereocenters. The van der Waals surface area contributed by atoms with Crippen molar-refractivity contribution < 1.29 is 9.21 Å². The summed E-state index contributed by atoms with van der Waals surface area (Å²) in [6.45, 7) is 5.83. The van der Waals surface area contributed by atoms with E-state index in [1.165, 1.54) is 6.07 Å². The van der Waals surface area contributed by atoms with Gasteiger partial charge < -0.3 is 9.73 Å². The van der Waals surface area contributed by atoms with Crippen molar-refractivity contribution in [2.75, 3.05) is 5.32 Å². The molecule has 1 heterocycles. The second-order valence-corrected chi connectivity index (χ2v) is 5.11. The molecular formula is C15H17NO3. The van der Waals surface area contributed by atoms with Gasteiger partial charge in [0.1, 0.15) is 5.58 Å². The summed E-state index contributed by atoms with van der Waals surface area (Å²) in [6, 6.07) is 6.80. The molecule has 0 aliphatic carbocycles. The second kappa shape index (κ2) is 5.26. The Hall–Kier alpha value is -2.10. The Labute approximate surface area is 111 Å². The van der Waals surface area contributed by atoms with Crippen LogP contribution in [0.2, 0.25) is 0 Å². The van der Waals surface area contributed by atoms with Gasteiger partial charge in [-0.1, -0.05) is 13.8 Å². The van der Waals surface area contributed by atoms with Crippen LogP contribution in [0.1, 0.15) is 25.8 Å². The first-order chi connectivity index (χ1) is 8.95. The maximum Gasteiger partial charge on any atom is 0.336 e. The number of hydrogen-bond donors (Lipinski definition) is 1. The standard InChI is InChI=1S/C15H17NO3/c1-9(2)6-14(17)16-11-4-5-12-10(3)7-15(18)19-13(12)8-11/h4-5,7-9H,6H2,1-3H3,(H,16,17). The fourth-order valence-electron chi connectivity index (χ4n) is 1.99. The largest absolute Gasteiger partial charge is 0.423 e. The lowest BCUT2D eigenvalue weighted by Crippen LogP contribution is -2.13. The molecule has 0 radical (unpaired) electrons. The molecule has 19 heavy (non-hydrogen) atoms. The van der Waals surface area contributed by atoms with Gasteiger partial charge in [0.25, 0.3) is 0 Å². The number of rotatable bonds is 3. The summed E-state index contributed by atoms with van der Waals surface area (Å²) in [5.41, 5.74) is 1.63. The van der Waals surface area contributed by atoms with Gasteiger partial charge in [-0.3, -0.25) is 4.79 Å². The SMILES string of the molecule is Cc1cc(=O)oc2cc(NC(=O)CC(C)C)ccc12. The molecule has 1 amide bonds. The summed E-state index contributed by atoms with van der Waals surface area (Å²) in [6.07, 6.45) is 0.468. The van der Waals surface area contributed by atoms with Crippen molar-refractivity contribution in [2.45, 2.75) is 27.2 Å². The van der Waals surface area contributed by atoms with Crippen molar-refractivity contribution in [1.82, 2.24) is 0 Å². The van der Waals surface area contributed by atoms with Crippen LogP contribution in [0.5, 0.6) is 0 Å². The number of nitrogens with one attached hydrogen (secondary N) is 1. The number of amides is 1. The molecule has 0 aliphatic heterocycles. The zero-order chi connectivity index (χ0) is 14.0. The van der Waals surface area contributed by atoms with Crippen LogP contribution in [0.4, 0.5) is 5.69 Å². The van der Waals surface area contributed by atoms with E-state index in [4.69, 9.17) is 4.42 Å². The van der Waals surface area contributed by atoms with Crippen molar-refractivity contribution in [3.8, 4) is 0 Å². The first-order valence-electron chi connectivity index (χ1n) is 6.30. The maximum absolute atomic E-state index is 11.7. The van der Waals surface area contributed by atoms with Crippen LogP contribution in [0.3, 0.4) is 0 Å². The Balaban J connectivity index is 2.31. The highest BCUT2D eigenvalue weighted by atomic mass is 16.4. The van der Waals surface area contributed by atoms with Gasteiger partial charge in [0.2, 0.25) is 5.91 Å². The van der Waals surface area contributed by atoms with Gasteiger partial charge in [-0.05, 0) is 30.5 Å². The highest BCUT2D eigenvalue weighted by Crippen LogP contribution is 2.21. The lowest BCUT2D eigenvalue weighted by molar-refractivity contribution is -0.116. The first kappa shape index (κ1) is 13.3. The first-order valence-corrected chi connectivity index (χ1v) is 6.30. The molecule has 0 saturated heterocycles. The maximum atomic E-state index is 11.7. The van der Waals surface area contributed by atoms with Crippen LogP contribution in [0.15, 0.2) is 33.5 Å². The quantitative estimate of drug-likeness (QED) is 0.862. The molecule has 0 saturated carbocycles. The molecule has 2 aromatic rings. The van der Waals surface area contributed by atoms with Crippen LogP contribution in [0.25, 0.3) is 11.0 Å². The minimum Gasteiger partial charge on any atom is -0.423 e. The third-order valence-electron chi connectivity index (χ3n) is 2.83. The van der Waals surface area contributed by atoms with Gasteiger partial charge in [0.15, 0.2) is 0 Å². The van der Waals surface area contributed by atoms with Gasteiger partial charge >= 0.3 is 5.63 Å². The van der Waals surface area contributed by atoms with Crippen molar-refractivity contribution in [3.63, 3.8) is 0 Å². The van der Waals surface area contributed by atoms with Gasteiger partial charge in [0.05, 0.1) is 0 Å². The Bertz CT molecular complexity index is 671. The molecule has 0 aliphatic rings. The van der Waals surface area contributed by atoms with E-state index in [0.29, 0.717) is 23.6 Å². The van der Waals surface area contributed by atoms with Gasteiger partial charge in [0, 0.05) is 29.6 Å². The Morgan fingerprint density at radius 2 is 2.05 bits per heavy atom. The van der Waals surface area contributed by atoms with Gasteiger partial charge in [-0.2, -0.15) is 0 Å². The molecule has 0 fully saturated rings. The Morgan fingerprint density at radius 3 is 2.74 bits per heavy atom. The van der Waals surface area contributed by atoms with E-state index < -0.39 is 0 Å². The van der Waals surface area contributed by atoms with Crippen molar-refractivity contribution in [1.29, 1.82) is 0 Å². The Kier molecular flexibility index (Phi) is 3.69. The van der Waals surface area contributed by atoms with Crippen LogP contribution < -0.4 is 10.9 Å². The fraction of sp³-hybridized carbons (Fsp3) is 0.333. The van der Waals surface area contributed by atoms with Crippen molar-refractivity contribution in [3.05, 3.63) is 40.2 Å². The average molecular weight is 259 g/mol. The van der Waals surface area contributed by atoms with E-state index in [9.17, 15) is 9.59 Å². The molecule has 0 spiro atoms. The number of carbonyl (C=O) groups is 1. The summed E-state index contributed by atoms with van der Waals surface area (Å²) in [4.78, 5) is 23.0. The summed E-state index contributed by atoms with van der Waals surface area (Å²) in [5, 5.41) is 3.68. The summed E-state index contributed by atoms with van der Waals surface area (Å²) in [7, 11) is 0. The summed E-state index contributed by atoms with van der Waals surface area (Å²) < 4.78 is 5.14.